The Morgan fingerprint density at radius 3 is 2.62 bits per heavy atom. The summed E-state index contributed by atoms with van der Waals surface area (Å²) in [6.07, 6.45) is 1.93. The molecule has 1 aromatic heterocycles. The van der Waals surface area contributed by atoms with Crippen LogP contribution < -0.4 is 4.80 Å². The summed E-state index contributed by atoms with van der Waals surface area (Å²) in [4.78, 5) is 28.9. The van der Waals surface area contributed by atoms with Gasteiger partial charge in [0.1, 0.15) is 0 Å². The Hall–Kier alpha value is -3.04. The summed E-state index contributed by atoms with van der Waals surface area (Å²) in [6.45, 7) is 4.19. The number of sulfone groups is 1. The molecule has 0 fully saturated rings. The van der Waals surface area contributed by atoms with E-state index in [0.717, 1.165) is 15.8 Å². The number of esters is 1. The van der Waals surface area contributed by atoms with Crippen LogP contribution in [0.2, 0.25) is 0 Å². The number of thiazole rings is 1. The lowest BCUT2D eigenvalue weighted by molar-refractivity contribution is -0.118. The summed E-state index contributed by atoms with van der Waals surface area (Å²) < 4.78 is 32.0. The maximum absolute atomic E-state index is 12.4. The van der Waals surface area contributed by atoms with Gasteiger partial charge in [0.25, 0.3) is 0 Å². The fraction of sp³-hybridized carbons (Fsp3) is 0.261. The van der Waals surface area contributed by atoms with E-state index in [1.165, 1.54) is 18.4 Å². The number of benzene rings is 2. The van der Waals surface area contributed by atoms with Crippen molar-refractivity contribution in [1.82, 2.24) is 4.57 Å². The number of hydrogen-bond donors (Lipinski definition) is 0. The molecule has 0 spiro atoms. The zero-order valence-electron chi connectivity index (χ0n) is 17.7. The van der Waals surface area contributed by atoms with Crippen LogP contribution in [-0.2, 0) is 31.7 Å². The molecule has 0 aliphatic rings. The molecule has 3 rings (SSSR count). The maximum atomic E-state index is 12.4. The van der Waals surface area contributed by atoms with Crippen LogP contribution >= 0.6 is 11.3 Å². The van der Waals surface area contributed by atoms with E-state index in [2.05, 4.69) is 11.6 Å². The van der Waals surface area contributed by atoms with Crippen LogP contribution in [0.4, 0.5) is 0 Å². The van der Waals surface area contributed by atoms with Crippen LogP contribution in [0.15, 0.2) is 66.2 Å². The van der Waals surface area contributed by atoms with Crippen molar-refractivity contribution in [3.63, 3.8) is 0 Å². The highest BCUT2D eigenvalue weighted by Crippen LogP contribution is 2.20. The van der Waals surface area contributed by atoms with Crippen molar-refractivity contribution in [3.8, 4) is 0 Å². The molecule has 3 aromatic rings. The molecule has 9 heteroatoms. The highest BCUT2D eigenvalue weighted by Gasteiger charge is 2.14. The van der Waals surface area contributed by atoms with Gasteiger partial charge in [-0.1, -0.05) is 47.7 Å². The van der Waals surface area contributed by atoms with Crippen LogP contribution in [0.5, 0.6) is 0 Å². The van der Waals surface area contributed by atoms with Crippen molar-refractivity contribution >= 4 is 43.3 Å². The normalized spacial score (nSPS) is 12.1. The quantitative estimate of drug-likeness (QED) is 0.351. The van der Waals surface area contributed by atoms with E-state index in [4.69, 9.17) is 4.74 Å². The zero-order chi connectivity index (χ0) is 23.1. The Morgan fingerprint density at radius 2 is 1.94 bits per heavy atom. The molecule has 0 N–H and O–H groups in total. The molecule has 1 amide bonds. The fourth-order valence-electron chi connectivity index (χ4n) is 3.22. The van der Waals surface area contributed by atoms with Gasteiger partial charge in [0.2, 0.25) is 5.91 Å². The summed E-state index contributed by atoms with van der Waals surface area (Å²) in [7, 11) is -1.99. The number of ether oxygens (including phenoxy) is 1. The lowest BCUT2D eigenvalue weighted by Crippen LogP contribution is -2.17. The smallest absolute Gasteiger partial charge is 0.337 e. The second-order valence-electron chi connectivity index (χ2n) is 7.14. The number of hydrogen-bond acceptors (Lipinski definition) is 6. The largest absolute Gasteiger partial charge is 0.465 e. The third kappa shape index (κ3) is 6.02. The first-order valence-corrected chi connectivity index (χ1v) is 12.6. The maximum Gasteiger partial charge on any atom is 0.337 e. The molecule has 0 radical (unpaired) electrons. The summed E-state index contributed by atoms with van der Waals surface area (Å²) in [5, 5.41) is 0. The third-order valence-electron chi connectivity index (χ3n) is 4.71. The Kier molecular flexibility index (Phi) is 7.76. The number of carbonyl (C=O) groups is 2. The van der Waals surface area contributed by atoms with Crippen molar-refractivity contribution in [2.45, 2.75) is 25.1 Å². The van der Waals surface area contributed by atoms with E-state index >= 15 is 0 Å². The Bertz CT molecular complexity index is 1310. The summed E-state index contributed by atoms with van der Waals surface area (Å²) in [5.41, 5.74) is 1.96. The Morgan fingerprint density at radius 1 is 1.19 bits per heavy atom. The lowest BCUT2D eigenvalue weighted by atomic mass is 10.2. The van der Waals surface area contributed by atoms with E-state index in [9.17, 15) is 18.0 Å². The first-order valence-electron chi connectivity index (χ1n) is 9.97. The molecule has 0 saturated carbocycles. The number of allylic oxidation sites excluding steroid dienone is 1. The zero-order valence-corrected chi connectivity index (χ0v) is 19.3. The first kappa shape index (κ1) is 23.6. The number of amides is 1. The van der Waals surface area contributed by atoms with Crippen LogP contribution in [0.1, 0.15) is 28.8 Å². The van der Waals surface area contributed by atoms with Crippen LogP contribution in [0.25, 0.3) is 10.2 Å². The minimum Gasteiger partial charge on any atom is -0.465 e. The highest BCUT2D eigenvalue weighted by atomic mass is 32.2. The van der Waals surface area contributed by atoms with E-state index in [1.807, 2.05) is 10.6 Å². The van der Waals surface area contributed by atoms with Gasteiger partial charge in [-0.3, -0.25) is 4.79 Å². The lowest BCUT2D eigenvalue weighted by Gasteiger charge is -2.04. The fourth-order valence-corrected chi connectivity index (χ4v) is 5.74. The van der Waals surface area contributed by atoms with Gasteiger partial charge in [-0.25, -0.2) is 13.2 Å². The molecule has 1 heterocycles. The Labute approximate surface area is 190 Å². The molecule has 0 aliphatic carbocycles. The number of fused-ring (bicyclic) bond motifs is 1. The van der Waals surface area contributed by atoms with Crippen LogP contribution in [0.3, 0.4) is 0 Å². The van der Waals surface area contributed by atoms with Gasteiger partial charge in [-0.05, 0) is 30.2 Å². The minimum atomic E-state index is -3.31. The molecule has 0 unspecified atom stereocenters. The summed E-state index contributed by atoms with van der Waals surface area (Å²) in [5.74, 6) is -0.957. The van der Waals surface area contributed by atoms with Gasteiger partial charge >= 0.3 is 5.97 Å². The Balaban J connectivity index is 1.74. The molecule has 2 aromatic carbocycles. The van der Waals surface area contributed by atoms with E-state index in [-0.39, 0.29) is 24.3 Å². The molecule has 0 bridgehead atoms. The minimum absolute atomic E-state index is 0.0315. The van der Waals surface area contributed by atoms with Crippen molar-refractivity contribution in [3.05, 3.63) is 77.1 Å². The van der Waals surface area contributed by atoms with Crippen molar-refractivity contribution in [1.29, 1.82) is 0 Å². The standard InChI is InChI=1S/C23H24N2O5S2/c1-3-13-25-19-12-11-18(22(27)30-2)15-20(19)31-23(25)24-21(26)10-7-14-32(28,29)16-17-8-5-4-6-9-17/h3-6,8-9,11-12,15H,1,7,10,13-14,16H2,2H3. The van der Waals surface area contributed by atoms with E-state index in [0.29, 0.717) is 16.9 Å². The first-order chi connectivity index (χ1) is 15.3. The molecular formula is C23H24N2O5S2. The van der Waals surface area contributed by atoms with Crippen molar-refractivity contribution in [2.24, 2.45) is 4.99 Å². The average molecular weight is 473 g/mol. The van der Waals surface area contributed by atoms with Gasteiger partial charge in [0.15, 0.2) is 14.6 Å². The molecule has 168 valence electrons. The molecule has 7 nitrogen and oxygen atoms in total. The second kappa shape index (κ2) is 10.5. The molecule has 0 aliphatic heterocycles. The molecular weight excluding hydrogens is 448 g/mol. The predicted octanol–water partition coefficient (Wildman–Crippen LogP) is 3.50. The summed E-state index contributed by atoms with van der Waals surface area (Å²) >= 11 is 1.28. The van der Waals surface area contributed by atoms with Gasteiger partial charge in [-0.15, -0.1) is 6.58 Å². The SMILES string of the molecule is C=CCn1c(=NC(=O)CCCS(=O)(=O)Cc2ccccc2)sc2cc(C(=O)OC)ccc21. The van der Waals surface area contributed by atoms with Crippen LogP contribution in [0, 0.1) is 0 Å². The number of nitrogens with zero attached hydrogens (tertiary/aromatic N) is 2. The van der Waals surface area contributed by atoms with Gasteiger partial charge in [0, 0.05) is 13.0 Å². The molecule has 32 heavy (non-hydrogen) atoms. The predicted molar refractivity (Wildman–Crippen MR) is 125 cm³/mol. The van der Waals surface area contributed by atoms with E-state index < -0.39 is 21.7 Å². The van der Waals surface area contributed by atoms with E-state index in [1.54, 1.807) is 48.5 Å². The van der Waals surface area contributed by atoms with Crippen molar-refractivity contribution in [2.75, 3.05) is 12.9 Å². The average Bonchev–Trinajstić information content (AvgIpc) is 3.09. The summed E-state index contributed by atoms with van der Waals surface area (Å²) in [6, 6.07) is 14.1. The number of rotatable bonds is 9. The topological polar surface area (TPSA) is 94.8 Å². The number of methoxy groups -OCH3 is 1. The van der Waals surface area contributed by atoms with Gasteiger partial charge in [0.05, 0.1) is 34.4 Å². The third-order valence-corrected chi connectivity index (χ3v) is 7.44. The molecule has 0 atom stereocenters. The van der Waals surface area contributed by atoms with Crippen LogP contribution in [-0.4, -0.2) is 37.7 Å². The van der Waals surface area contributed by atoms with Crippen molar-refractivity contribution < 1.29 is 22.7 Å². The van der Waals surface area contributed by atoms with Gasteiger partial charge in [-0.2, -0.15) is 4.99 Å². The number of aromatic nitrogens is 1. The van der Waals surface area contributed by atoms with Gasteiger partial charge < -0.3 is 9.30 Å². The second-order valence-corrected chi connectivity index (χ2v) is 10.3. The number of carbonyl (C=O) groups excluding carboxylic acids is 2. The molecule has 0 saturated heterocycles. The monoisotopic (exact) mass is 472 g/mol. The highest BCUT2D eigenvalue weighted by molar-refractivity contribution is 7.90.